The van der Waals surface area contributed by atoms with Crippen molar-refractivity contribution in [2.24, 2.45) is 40.7 Å². The number of rotatable bonds is 36. The topological polar surface area (TPSA) is 708 Å². The second-order valence-electron chi connectivity index (χ2n) is 28.6. The van der Waals surface area contributed by atoms with Crippen molar-refractivity contribution in [3.8, 4) is 0 Å². The molecular weight excluding hydrogens is 1530 g/mol. The number of primary amides is 3. The van der Waals surface area contributed by atoms with Crippen LogP contribution in [-0.4, -0.2) is 267 Å². The molecule has 16 unspecified atom stereocenters. The van der Waals surface area contributed by atoms with E-state index in [-0.39, 0.29) is 38.6 Å². The van der Waals surface area contributed by atoms with E-state index < -0.39 is 254 Å². The number of nitrogens with zero attached hydrogens (tertiary/aromatic N) is 1. The molecule has 1 saturated heterocycles. The smallest absolute Gasteiger partial charge is 0.335 e. The molecule has 44 heteroatoms. The highest BCUT2D eigenvalue weighted by Gasteiger charge is 2.44. The number of likely N-dealkylation sites (N-methyl/N-ethyl adjacent to an activating group) is 1. The Kier molecular flexibility index (Phi) is 40.9. The number of esters is 1. The number of carbonyl (C=O) groups excluding carboxylic acids is 17. The van der Waals surface area contributed by atoms with E-state index in [1.165, 1.54) is 13.8 Å². The fourth-order valence-electron chi connectivity index (χ4n) is 12.0. The number of cyclic esters (lactones) is 1. The molecule has 2 heterocycles. The fourth-order valence-corrected chi connectivity index (χ4v) is 12.0. The zero-order valence-corrected chi connectivity index (χ0v) is 66.0. The molecule has 44 nitrogen and oxygen atoms in total. The van der Waals surface area contributed by atoms with Crippen LogP contribution in [0.25, 0.3) is 10.9 Å². The van der Waals surface area contributed by atoms with Crippen LogP contribution in [0.3, 0.4) is 0 Å². The van der Waals surface area contributed by atoms with Crippen molar-refractivity contribution in [1.29, 1.82) is 0 Å². The maximum atomic E-state index is 14.9. The average molecular weight is 1640 g/mol. The summed E-state index contributed by atoms with van der Waals surface area (Å²) in [6.07, 6.45) is -5.48. The van der Waals surface area contributed by atoms with Gasteiger partial charge in [0.25, 0.3) is 0 Å². The molecule has 0 saturated carbocycles. The van der Waals surface area contributed by atoms with Gasteiger partial charge in [-0.05, 0) is 75.5 Å². The molecule has 1 aliphatic rings. The summed E-state index contributed by atoms with van der Waals surface area (Å²) in [6.45, 7) is 7.56. The van der Waals surface area contributed by atoms with Crippen LogP contribution in [0.5, 0.6) is 0 Å². The molecule has 0 radical (unpaired) electrons. The number of para-hydroxylation sites is 1. The van der Waals surface area contributed by atoms with Crippen molar-refractivity contribution in [2.75, 3.05) is 33.8 Å². The normalized spacial score (nSPS) is 22.1. The van der Waals surface area contributed by atoms with Gasteiger partial charge in [0.15, 0.2) is 12.2 Å². The summed E-state index contributed by atoms with van der Waals surface area (Å²) in [6, 6.07) is -15.9. The summed E-state index contributed by atoms with van der Waals surface area (Å²) in [5, 5.41) is 68.2. The highest BCUT2D eigenvalue weighted by molar-refractivity contribution is 6.03. The third kappa shape index (κ3) is 32.5. The molecule has 3 rings (SSSR count). The predicted molar refractivity (Wildman–Crippen MR) is 405 cm³/mol. The third-order valence-corrected chi connectivity index (χ3v) is 18.7. The van der Waals surface area contributed by atoms with Gasteiger partial charge in [-0.25, -0.2) is 9.59 Å². The number of carboxylic acid groups (broad SMARTS) is 3. The van der Waals surface area contributed by atoms with Crippen LogP contribution in [0.1, 0.15) is 144 Å². The second-order valence-corrected chi connectivity index (χ2v) is 28.6. The molecule has 1 aromatic heterocycles. The Morgan fingerprint density at radius 1 is 0.638 bits per heavy atom. The van der Waals surface area contributed by atoms with E-state index >= 15 is 0 Å². The first-order chi connectivity index (χ1) is 54.4. The number of carbonyl (C=O) groups is 20. The minimum atomic E-state index is -2.80. The van der Waals surface area contributed by atoms with Gasteiger partial charge in [-0.2, -0.15) is 0 Å². The molecule has 2 aromatic rings. The van der Waals surface area contributed by atoms with E-state index in [2.05, 4.69) is 72.0 Å². The van der Waals surface area contributed by atoms with Crippen LogP contribution in [0, 0.1) is 17.8 Å². The monoisotopic (exact) mass is 1640 g/mol. The number of ether oxygens (including phenoxy) is 2. The second kappa shape index (κ2) is 48.3. The van der Waals surface area contributed by atoms with Crippen LogP contribution in [0.4, 0.5) is 0 Å². The molecule has 116 heavy (non-hydrogen) atoms. The van der Waals surface area contributed by atoms with Gasteiger partial charge in [-0.1, -0.05) is 84.9 Å². The molecule has 0 bridgehead atoms. The van der Waals surface area contributed by atoms with E-state index in [4.69, 9.17) is 32.4 Å². The van der Waals surface area contributed by atoms with Gasteiger partial charge >= 0.3 is 23.9 Å². The van der Waals surface area contributed by atoms with Gasteiger partial charge in [0, 0.05) is 44.1 Å². The lowest BCUT2D eigenvalue weighted by Gasteiger charge is -2.32. The summed E-state index contributed by atoms with van der Waals surface area (Å²) in [7, 11) is 1.70. The number of hydrogen-bond donors (Lipinski definition) is 21. The van der Waals surface area contributed by atoms with Crippen molar-refractivity contribution >= 4 is 129 Å². The number of fused-ring (bicyclic) bond motifs is 1. The number of aliphatic hydroxyl groups is 1. The zero-order valence-electron chi connectivity index (χ0n) is 66.0. The predicted octanol–water partition coefficient (Wildman–Crippen LogP) is -6.96. The molecule has 0 spiro atoms. The molecule has 644 valence electrons. The number of benzene rings is 1. The Morgan fingerprint density at radius 3 is 1.84 bits per heavy atom. The summed E-state index contributed by atoms with van der Waals surface area (Å²) < 4.78 is 10.7. The van der Waals surface area contributed by atoms with Gasteiger partial charge in [-0.3, -0.25) is 86.3 Å². The number of amides is 16. The van der Waals surface area contributed by atoms with E-state index in [0.717, 1.165) is 60.6 Å². The number of nitrogens with two attached hydrogens (primary N) is 4. The summed E-state index contributed by atoms with van der Waals surface area (Å²) in [4.78, 5) is 278. The fraction of sp³-hybridized carbons (Fsp3) is 0.611. The van der Waals surface area contributed by atoms with Gasteiger partial charge in [0.1, 0.15) is 72.6 Å². The zero-order chi connectivity index (χ0) is 87.5. The van der Waals surface area contributed by atoms with Crippen LogP contribution in [0.15, 0.2) is 30.5 Å². The molecule has 1 fully saturated rings. The molecule has 1 aliphatic heterocycles. The van der Waals surface area contributed by atoms with Crippen LogP contribution < -0.4 is 86.7 Å². The molecule has 16 amide bonds. The number of aliphatic hydroxyl groups excluding tert-OH is 1. The number of methoxy groups -OCH3 is 1. The molecule has 16 atom stereocenters. The number of unbranched alkanes of at least 4 members (excludes halogenated alkanes) is 4. The lowest BCUT2D eigenvalue weighted by molar-refractivity contribution is -0.159. The summed E-state index contributed by atoms with van der Waals surface area (Å²) in [5.74, 6) is -30.4. The van der Waals surface area contributed by atoms with E-state index in [1.807, 2.05) is 10.6 Å². The van der Waals surface area contributed by atoms with E-state index in [1.54, 1.807) is 30.5 Å². The molecule has 1 aromatic carbocycles. The maximum Gasteiger partial charge on any atom is 0.335 e. The highest BCUT2D eigenvalue weighted by Crippen LogP contribution is 2.22. The Hall–Kier alpha value is -12.0. The minimum absolute atomic E-state index is 0.00629. The third-order valence-electron chi connectivity index (χ3n) is 18.7. The number of aromatic amines is 1. The number of aliphatic carboxylic acids is 3. The first kappa shape index (κ1) is 98.2. The Labute approximate surface area is 666 Å². The summed E-state index contributed by atoms with van der Waals surface area (Å²) in [5.41, 5.74) is 23.3. The van der Waals surface area contributed by atoms with Crippen molar-refractivity contribution in [3.05, 3.63) is 36.0 Å². The molecule has 0 aliphatic carbocycles. The first-order valence-electron chi connectivity index (χ1n) is 37.5. The lowest BCUT2D eigenvalue weighted by atomic mass is 9.95. The van der Waals surface area contributed by atoms with Gasteiger partial charge in [0.2, 0.25) is 94.5 Å². The van der Waals surface area contributed by atoms with Crippen LogP contribution >= 0.6 is 0 Å². The Bertz CT molecular complexity index is 3870. The average Bonchev–Trinajstić information content (AvgIpc) is 1.51. The SMILES string of the molecule is CCC(C)CCCCCCC(=O)NC(Cc1c[nH]c2ccccc12)C(=O)NC(CC(N)=O)C(=O)NC(C(=O)NC1C(=O)N(C)CC(=O)NC(C)C(=O)NC(CC(=O)O)C(=O)NC(CCCCN)C(=O)NC(C(OC)C(=O)O)C(=O)NCC(=O)NC(CC(N)=O)C(=O)NC(C(C)CC(=O)O)C(=O)NC(C(C)C)C(=O)OC1C)C(O)C(N)=O. The first-order valence-corrected chi connectivity index (χ1v) is 37.5. The largest absolute Gasteiger partial charge is 0.481 e. The number of carboxylic acids is 3. The number of nitrogens with one attached hydrogen (secondary N) is 13. The van der Waals surface area contributed by atoms with Gasteiger partial charge in [0.05, 0.1) is 38.8 Å². The highest BCUT2D eigenvalue weighted by atomic mass is 16.5. The van der Waals surface area contributed by atoms with Crippen molar-refractivity contribution in [3.63, 3.8) is 0 Å². The van der Waals surface area contributed by atoms with Gasteiger partial charge < -0.3 is 127 Å². The Balaban J connectivity index is 2.26. The van der Waals surface area contributed by atoms with Crippen molar-refractivity contribution in [1.82, 2.24) is 73.7 Å². The number of H-pyrrole nitrogens is 1. The molecular formula is C72H110N18O26. The Morgan fingerprint density at radius 2 is 1.24 bits per heavy atom. The van der Waals surface area contributed by atoms with E-state index in [9.17, 15) is 116 Å². The number of aromatic nitrogens is 1. The standard InChI is InChI=1S/C72H110N18O26/c1-10-34(4)19-13-11-12-14-23-48(93)80-42(26-38-30-77-40-21-16-15-20-39(38)40)63(104)84-44(28-47(75)92)66(107)88-56(58(100)60(76)101)69(110)87-55-37(7)116-72(114)53(33(2)3)85-68(109)54(35(5)25-51(96)97)86-65(106)43(27-46(74)91)81-49(94)31-78-67(108)57(59(115-9)71(112)113)89-62(103)41(22-17-18-24-73)82-64(105)45(29-52(98)99)83-61(102)36(6)79-50(95)32-90(8)70(55)111/h15-16,20-21,30,33-37,41-45,53-59,77,100H,10-14,17-19,22-29,31-32,73H2,1-9H3,(H2,74,91)(H2,75,92)(H2,76,101)(H,78,108)(H,79,95)(H,80,93)(H,81,94)(H,82,105)(H,83,102)(H,84,104)(H,85,109)(H,86,106)(H,87,110)(H,88,107)(H,89,103)(H,96,97)(H,98,99)(H,112,113). The number of hydrogen-bond acceptors (Lipinski definition) is 24. The van der Waals surface area contributed by atoms with E-state index in [0.29, 0.717) is 40.1 Å². The lowest BCUT2D eigenvalue weighted by Crippen LogP contribution is -2.65. The molecule has 25 N–H and O–H groups in total. The summed E-state index contributed by atoms with van der Waals surface area (Å²) >= 11 is 0. The maximum absolute atomic E-state index is 14.9. The van der Waals surface area contributed by atoms with Crippen LogP contribution in [0.2, 0.25) is 0 Å². The van der Waals surface area contributed by atoms with Crippen molar-refractivity contribution in [2.45, 2.75) is 230 Å². The minimum Gasteiger partial charge on any atom is -0.481 e. The quantitative estimate of drug-likeness (QED) is 0.0223. The van der Waals surface area contributed by atoms with Crippen molar-refractivity contribution < 1.29 is 126 Å². The van der Waals surface area contributed by atoms with Gasteiger partial charge in [-0.15, -0.1) is 0 Å². The van der Waals surface area contributed by atoms with Crippen LogP contribution in [-0.2, 0) is 112 Å².